The molecule has 1 saturated heterocycles. The predicted octanol–water partition coefficient (Wildman–Crippen LogP) is 4.61. The number of ether oxygens (including phenoxy) is 1. The summed E-state index contributed by atoms with van der Waals surface area (Å²) in [5.74, 6) is -1.07. The first-order chi connectivity index (χ1) is 18.4. The molecule has 2 bridgehead atoms. The van der Waals surface area contributed by atoms with Crippen LogP contribution in [0, 0.1) is 35.5 Å². The molecule has 0 N–H and O–H groups in total. The maximum absolute atomic E-state index is 14.0. The van der Waals surface area contributed by atoms with Gasteiger partial charge in [-0.15, -0.1) is 0 Å². The molecule has 38 heavy (non-hydrogen) atoms. The van der Waals surface area contributed by atoms with Gasteiger partial charge in [-0.3, -0.25) is 19.3 Å². The van der Waals surface area contributed by atoms with Gasteiger partial charge < -0.3 is 4.74 Å². The molecule has 6 nitrogen and oxygen atoms in total. The maximum Gasteiger partial charge on any atom is 0.335 e. The molecule has 0 spiro atoms. The largest absolute Gasteiger partial charge is 0.424 e. The molecule has 3 aromatic rings. The van der Waals surface area contributed by atoms with Crippen LogP contribution >= 0.6 is 0 Å². The Hall–Kier alpha value is -4.06. The fourth-order valence-corrected chi connectivity index (χ4v) is 7.20. The Morgan fingerprint density at radius 2 is 1.50 bits per heavy atom. The summed E-state index contributed by atoms with van der Waals surface area (Å²) in [5.41, 5.74) is 1.10. The molecule has 190 valence electrons. The molecule has 2 amide bonds. The van der Waals surface area contributed by atoms with E-state index in [1.54, 1.807) is 12.1 Å². The highest BCUT2D eigenvalue weighted by molar-refractivity contribution is 6.10. The number of benzene rings is 3. The second-order valence-electron chi connectivity index (χ2n) is 11.0. The summed E-state index contributed by atoms with van der Waals surface area (Å²) in [6.07, 6.45) is 5.45. The summed E-state index contributed by atoms with van der Waals surface area (Å²) < 4.78 is 5.99. The third-order valence-electron chi connectivity index (χ3n) is 9.01. The van der Waals surface area contributed by atoms with Crippen molar-refractivity contribution in [1.82, 2.24) is 4.90 Å². The number of fused-ring (bicyclic) bond motifs is 1. The average Bonchev–Trinajstić information content (AvgIpc) is 3.71. The highest BCUT2D eigenvalue weighted by atomic mass is 16.5. The van der Waals surface area contributed by atoms with Gasteiger partial charge in [0.15, 0.2) is 5.78 Å². The number of hydrogen-bond acceptors (Lipinski definition) is 5. The first-order valence-electron chi connectivity index (χ1n) is 13.3. The normalized spacial score (nSPS) is 29.2. The maximum atomic E-state index is 14.0. The number of ketones is 1. The quantitative estimate of drug-likeness (QED) is 0.161. The highest BCUT2D eigenvalue weighted by Crippen LogP contribution is 2.65. The van der Waals surface area contributed by atoms with E-state index < -0.39 is 23.8 Å². The van der Waals surface area contributed by atoms with Gasteiger partial charge in [-0.05, 0) is 54.0 Å². The Balaban J connectivity index is 1.28. The van der Waals surface area contributed by atoms with E-state index in [2.05, 4.69) is 12.2 Å². The lowest BCUT2D eigenvalue weighted by Gasteiger charge is -2.37. The van der Waals surface area contributed by atoms with Crippen LogP contribution in [-0.4, -0.2) is 34.5 Å². The van der Waals surface area contributed by atoms with E-state index in [1.807, 2.05) is 54.6 Å². The Morgan fingerprint density at radius 1 is 0.868 bits per heavy atom. The summed E-state index contributed by atoms with van der Waals surface area (Å²) in [5, 5.41) is 1.45. The summed E-state index contributed by atoms with van der Waals surface area (Å²) >= 11 is 0. The Morgan fingerprint density at radius 3 is 2.16 bits per heavy atom. The van der Waals surface area contributed by atoms with Crippen molar-refractivity contribution in [3.63, 3.8) is 0 Å². The van der Waals surface area contributed by atoms with Crippen LogP contribution in [-0.2, 0) is 20.8 Å². The smallest absolute Gasteiger partial charge is 0.335 e. The van der Waals surface area contributed by atoms with Gasteiger partial charge in [-0.25, -0.2) is 4.79 Å². The molecule has 2 saturated carbocycles. The minimum Gasteiger partial charge on any atom is -0.424 e. The summed E-state index contributed by atoms with van der Waals surface area (Å²) in [7, 11) is 0. The molecule has 6 heteroatoms. The highest BCUT2D eigenvalue weighted by Gasteiger charge is 2.68. The SMILES string of the molecule is CC(=O)c1ccc2ccccc2c1OC(=O)[C@@H](Cc1ccccc1)N1C(=O)[C@H]2[C@@H]3C=C[C@H]([C@H]4C[C@H]34)[C@@H]2C1=O. The number of allylic oxidation sites excluding steroid dienone is 2. The third kappa shape index (κ3) is 3.39. The number of carbonyl (C=O) groups excluding carboxylic acids is 4. The monoisotopic (exact) mass is 505 g/mol. The lowest BCUT2D eigenvalue weighted by molar-refractivity contribution is -0.153. The number of likely N-dealkylation sites (tertiary alicyclic amines) is 1. The number of imide groups is 1. The minimum atomic E-state index is -1.13. The fraction of sp³-hybridized carbons (Fsp3) is 0.312. The van der Waals surface area contributed by atoms with E-state index in [1.165, 1.54) is 11.8 Å². The van der Waals surface area contributed by atoms with Crippen LogP contribution in [0.25, 0.3) is 10.8 Å². The Kier molecular flexibility index (Phi) is 5.15. The van der Waals surface area contributed by atoms with E-state index >= 15 is 0 Å². The number of nitrogens with zero attached hydrogens (tertiary/aromatic N) is 1. The fourth-order valence-electron chi connectivity index (χ4n) is 7.20. The molecule has 0 radical (unpaired) electrons. The van der Waals surface area contributed by atoms with Gasteiger partial charge >= 0.3 is 5.97 Å². The van der Waals surface area contributed by atoms with Crippen molar-refractivity contribution in [2.45, 2.75) is 25.8 Å². The van der Waals surface area contributed by atoms with Crippen molar-refractivity contribution in [3.05, 3.63) is 90.0 Å². The van der Waals surface area contributed by atoms with Crippen molar-refractivity contribution in [3.8, 4) is 5.75 Å². The number of amides is 2. The lowest BCUT2D eigenvalue weighted by atomic mass is 9.63. The number of rotatable bonds is 6. The summed E-state index contributed by atoms with van der Waals surface area (Å²) in [6, 6.07) is 19.1. The summed E-state index contributed by atoms with van der Waals surface area (Å²) in [4.78, 5) is 55.4. The zero-order chi connectivity index (χ0) is 26.1. The first-order valence-corrected chi connectivity index (χ1v) is 13.3. The molecule has 7 atom stereocenters. The molecule has 3 aromatic carbocycles. The van der Waals surface area contributed by atoms with Crippen molar-refractivity contribution in [2.75, 3.05) is 0 Å². The number of esters is 1. The van der Waals surface area contributed by atoms with Crippen LogP contribution in [0.4, 0.5) is 0 Å². The summed E-state index contributed by atoms with van der Waals surface area (Å²) in [6.45, 7) is 1.43. The van der Waals surface area contributed by atoms with Gasteiger partial charge in [-0.2, -0.15) is 0 Å². The van der Waals surface area contributed by atoms with Crippen molar-refractivity contribution >= 4 is 34.3 Å². The van der Waals surface area contributed by atoms with Crippen molar-refractivity contribution < 1.29 is 23.9 Å². The van der Waals surface area contributed by atoms with Gasteiger partial charge in [0.1, 0.15) is 11.8 Å². The van der Waals surface area contributed by atoms with E-state index in [-0.39, 0.29) is 47.2 Å². The molecule has 1 heterocycles. The van der Waals surface area contributed by atoms with E-state index in [4.69, 9.17) is 4.74 Å². The predicted molar refractivity (Wildman–Crippen MR) is 140 cm³/mol. The van der Waals surface area contributed by atoms with Crippen molar-refractivity contribution in [1.29, 1.82) is 0 Å². The first kappa shape index (κ1) is 23.1. The molecule has 8 rings (SSSR count). The van der Waals surface area contributed by atoms with Crippen LogP contribution in [0.1, 0.15) is 29.3 Å². The Bertz CT molecular complexity index is 1510. The second-order valence-corrected chi connectivity index (χ2v) is 11.0. The van der Waals surface area contributed by atoms with Gasteiger partial charge in [0.25, 0.3) is 0 Å². The molecule has 0 aromatic heterocycles. The van der Waals surface area contributed by atoms with Crippen LogP contribution in [0.5, 0.6) is 5.75 Å². The molecule has 0 unspecified atom stereocenters. The molecule has 1 aliphatic heterocycles. The van der Waals surface area contributed by atoms with Gasteiger partial charge in [0, 0.05) is 11.8 Å². The number of Topliss-reactive ketones (excluding diaryl/α,β-unsaturated/α-hetero) is 1. The number of hydrogen-bond donors (Lipinski definition) is 0. The molecule has 3 fully saturated rings. The van der Waals surface area contributed by atoms with E-state index in [9.17, 15) is 19.2 Å². The van der Waals surface area contributed by atoms with Crippen LogP contribution < -0.4 is 4.74 Å². The van der Waals surface area contributed by atoms with Gasteiger partial charge in [-0.1, -0.05) is 72.8 Å². The second kappa shape index (κ2) is 8.48. The van der Waals surface area contributed by atoms with Crippen LogP contribution in [0.15, 0.2) is 78.9 Å². The van der Waals surface area contributed by atoms with Crippen LogP contribution in [0.3, 0.4) is 0 Å². The van der Waals surface area contributed by atoms with Crippen LogP contribution in [0.2, 0.25) is 0 Å². The zero-order valence-corrected chi connectivity index (χ0v) is 20.9. The minimum absolute atomic E-state index is 0.0622. The standard InChI is InChI=1S/C32H27NO5/c1-17(34)20-12-11-19-9-5-6-10-21(19)29(20)38-32(37)26(15-18-7-3-2-4-8-18)33-30(35)27-22-13-14-23(25-16-24(22)25)28(27)31(33)36/h2-14,22-28H,15-16H2,1H3/t22-,23-,24-,25-,26-,27+,28+/m1/s1. The van der Waals surface area contributed by atoms with Crippen molar-refractivity contribution in [2.24, 2.45) is 35.5 Å². The van der Waals surface area contributed by atoms with Gasteiger partial charge in [0.2, 0.25) is 11.8 Å². The van der Waals surface area contributed by atoms with E-state index in [0.717, 1.165) is 17.4 Å². The molecule has 5 aliphatic rings. The van der Waals surface area contributed by atoms with E-state index in [0.29, 0.717) is 17.2 Å². The zero-order valence-electron chi connectivity index (χ0n) is 20.9. The third-order valence-corrected chi connectivity index (χ3v) is 9.01. The molecule has 4 aliphatic carbocycles. The molecular formula is C32H27NO5. The van der Waals surface area contributed by atoms with Gasteiger partial charge in [0.05, 0.1) is 17.4 Å². The molecular weight excluding hydrogens is 478 g/mol. The topological polar surface area (TPSA) is 80.8 Å². The number of carbonyl (C=O) groups is 4. The average molecular weight is 506 g/mol. The Labute approximate surface area is 220 Å². The lowest BCUT2D eigenvalue weighted by Crippen LogP contribution is -2.48.